The van der Waals surface area contributed by atoms with Crippen LogP contribution in [0.3, 0.4) is 0 Å². The maximum Gasteiger partial charge on any atom is 0.146 e. The second-order valence-corrected chi connectivity index (χ2v) is 4.66. The number of benzene rings is 1. The number of alkyl halides is 1. The topological polar surface area (TPSA) is 17.1 Å². The molecule has 0 aliphatic carbocycles. The van der Waals surface area contributed by atoms with Gasteiger partial charge in [-0.15, -0.1) is 0 Å². The van der Waals surface area contributed by atoms with E-state index in [4.69, 9.17) is 11.6 Å². The van der Waals surface area contributed by atoms with Crippen molar-refractivity contribution in [3.05, 3.63) is 34.9 Å². The zero-order valence-corrected chi connectivity index (χ0v) is 10.3. The van der Waals surface area contributed by atoms with Crippen molar-refractivity contribution in [1.82, 2.24) is 0 Å². The normalized spacial score (nSPS) is 12.5. The molecule has 0 fully saturated rings. The molecule has 1 rings (SSSR count). The third-order valence-corrected chi connectivity index (χ3v) is 3.11. The second kappa shape index (κ2) is 5.52. The first-order chi connectivity index (χ1) is 6.63. The van der Waals surface area contributed by atoms with Gasteiger partial charge in [0.05, 0.1) is 4.83 Å². The van der Waals surface area contributed by atoms with E-state index in [9.17, 15) is 4.79 Å². The Morgan fingerprint density at radius 1 is 1.43 bits per heavy atom. The summed E-state index contributed by atoms with van der Waals surface area (Å²) in [5.41, 5.74) is 1.12. The fourth-order valence-electron chi connectivity index (χ4n) is 1.16. The van der Waals surface area contributed by atoms with Gasteiger partial charge >= 0.3 is 0 Å². The van der Waals surface area contributed by atoms with Gasteiger partial charge < -0.3 is 0 Å². The molecule has 1 aromatic carbocycles. The van der Waals surface area contributed by atoms with E-state index in [-0.39, 0.29) is 10.6 Å². The van der Waals surface area contributed by atoms with Gasteiger partial charge in [0, 0.05) is 11.4 Å². The van der Waals surface area contributed by atoms with E-state index in [0.717, 1.165) is 17.0 Å². The van der Waals surface area contributed by atoms with Gasteiger partial charge in [0.1, 0.15) is 5.78 Å². The summed E-state index contributed by atoms with van der Waals surface area (Å²) in [6.45, 7) is 1.87. The van der Waals surface area contributed by atoms with Gasteiger partial charge in [-0.25, -0.2) is 0 Å². The number of halogens is 2. The van der Waals surface area contributed by atoms with E-state index in [1.807, 2.05) is 31.2 Å². The van der Waals surface area contributed by atoms with Gasteiger partial charge in [-0.2, -0.15) is 0 Å². The van der Waals surface area contributed by atoms with E-state index >= 15 is 0 Å². The minimum atomic E-state index is -0.0753. The standard InChI is InChI=1S/C11H12BrClO/c1-2-11(14)10(12)7-8-3-5-9(13)6-4-8/h3-6,10H,2,7H2,1H3. The third kappa shape index (κ3) is 3.43. The molecule has 14 heavy (non-hydrogen) atoms. The fraction of sp³-hybridized carbons (Fsp3) is 0.364. The molecule has 1 aromatic rings. The molecular weight excluding hydrogens is 263 g/mol. The van der Waals surface area contributed by atoms with Crippen LogP contribution in [0.15, 0.2) is 24.3 Å². The van der Waals surface area contributed by atoms with Crippen LogP contribution in [-0.2, 0) is 11.2 Å². The first kappa shape index (κ1) is 11.7. The summed E-state index contributed by atoms with van der Waals surface area (Å²) in [5.74, 6) is 0.236. The Labute approximate surface area is 97.6 Å². The van der Waals surface area contributed by atoms with Gasteiger partial charge in [0.2, 0.25) is 0 Å². The van der Waals surface area contributed by atoms with E-state index in [1.165, 1.54) is 0 Å². The maximum atomic E-state index is 11.3. The first-order valence-corrected chi connectivity index (χ1v) is 5.84. The molecule has 1 unspecified atom stereocenters. The lowest BCUT2D eigenvalue weighted by Gasteiger charge is -2.07. The van der Waals surface area contributed by atoms with Gasteiger partial charge in [-0.05, 0) is 24.1 Å². The average Bonchev–Trinajstić information content (AvgIpc) is 2.20. The molecule has 1 atom stereocenters. The highest BCUT2D eigenvalue weighted by molar-refractivity contribution is 9.10. The highest BCUT2D eigenvalue weighted by atomic mass is 79.9. The summed E-state index contributed by atoms with van der Waals surface area (Å²) >= 11 is 9.14. The predicted molar refractivity (Wildman–Crippen MR) is 63.2 cm³/mol. The highest BCUT2D eigenvalue weighted by Gasteiger charge is 2.12. The summed E-state index contributed by atoms with van der Waals surface area (Å²) in [7, 11) is 0. The first-order valence-electron chi connectivity index (χ1n) is 4.54. The molecule has 0 aromatic heterocycles. The molecule has 0 aliphatic rings. The lowest BCUT2D eigenvalue weighted by Crippen LogP contribution is -2.15. The fourth-order valence-corrected chi connectivity index (χ4v) is 1.99. The average molecular weight is 276 g/mol. The SMILES string of the molecule is CCC(=O)C(Br)Cc1ccc(Cl)cc1. The number of carbonyl (C=O) groups is 1. The van der Waals surface area contributed by atoms with Crippen LogP contribution in [0.1, 0.15) is 18.9 Å². The van der Waals surface area contributed by atoms with Crippen molar-refractivity contribution in [1.29, 1.82) is 0 Å². The van der Waals surface area contributed by atoms with E-state index < -0.39 is 0 Å². The molecule has 0 saturated heterocycles. The molecule has 3 heteroatoms. The summed E-state index contributed by atoms with van der Waals surface area (Å²) in [6.07, 6.45) is 1.30. The second-order valence-electron chi connectivity index (χ2n) is 3.12. The van der Waals surface area contributed by atoms with Crippen LogP contribution >= 0.6 is 27.5 Å². The van der Waals surface area contributed by atoms with Crippen LogP contribution < -0.4 is 0 Å². The van der Waals surface area contributed by atoms with Gasteiger partial charge in [0.15, 0.2) is 0 Å². The minimum Gasteiger partial charge on any atom is -0.298 e. The Morgan fingerprint density at radius 3 is 2.50 bits per heavy atom. The molecule has 76 valence electrons. The zero-order valence-electron chi connectivity index (χ0n) is 7.97. The number of rotatable bonds is 4. The molecule has 0 heterocycles. The summed E-state index contributed by atoms with van der Waals surface area (Å²) in [4.78, 5) is 11.2. The highest BCUT2D eigenvalue weighted by Crippen LogP contribution is 2.15. The van der Waals surface area contributed by atoms with Crippen LogP contribution in [-0.4, -0.2) is 10.6 Å². The van der Waals surface area contributed by atoms with E-state index in [0.29, 0.717) is 6.42 Å². The molecule has 1 nitrogen and oxygen atoms in total. The monoisotopic (exact) mass is 274 g/mol. The maximum absolute atomic E-state index is 11.3. The molecule has 0 radical (unpaired) electrons. The van der Waals surface area contributed by atoms with Crippen molar-refractivity contribution in [2.75, 3.05) is 0 Å². The van der Waals surface area contributed by atoms with Crippen molar-refractivity contribution in [3.8, 4) is 0 Å². The third-order valence-electron chi connectivity index (χ3n) is 2.03. The minimum absolute atomic E-state index is 0.0753. The molecule has 0 bridgehead atoms. The Bertz CT molecular complexity index is 308. The molecular formula is C11H12BrClO. The van der Waals surface area contributed by atoms with Crippen molar-refractivity contribution >= 4 is 33.3 Å². The van der Waals surface area contributed by atoms with E-state index in [2.05, 4.69) is 15.9 Å². The van der Waals surface area contributed by atoms with Crippen LogP contribution in [0.5, 0.6) is 0 Å². The number of ketones is 1. The summed E-state index contributed by atoms with van der Waals surface area (Å²) in [6, 6.07) is 7.57. The molecule has 0 N–H and O–H groups in total. The molecule has 0 amide bonds. The van der Waals surface area contributed by atoms with Crippen LogP contribution in [0.4, 0.5) is 0 Å². The van der Waals surface area contributed by atoms with Crippen LogP contribution in [0.2, 0.25) is 5.02 Å². The van der Waals surface area contributed by atoms with Crippen LogP contribution in [0.25, 0.3) is 0 Å². The summed E-state index contributed by atoms with van der Waals surface area (Å²) < 4.78 is 0. The smallest absolute Gasteiger partial charge is 0.146 e. The Balaban J connectivity index is 2.60. The van der Waals surface area contributed by atoms with Gasteiger partial charge in [-0.3, -0.25) is 4.79 Å². The molecule has 0 saturated carbocycles. The van der Waals surface area contributed by atoms with Crippen molar-refractivity contribution in [2.45, 2.75) is 24.6 Å². The number of hydrogen-bond acceptors (Lipinski definition) is 1. The van der Waals surface area contributed by atoms with Crippen molar-refractivity contribution in [2.24, 2.45) is 0 Å². The zero-order chi connectivity index (χ0) is 10.6. The van der Waals surface area contributed by atoms with Crippen molar-refractivity contribution in [3.63, 3.8) is 0 Å². The lowest BCUT2D eigenvalue weighted by atomic mass is 10.1. The predicted octanol–water partition coefficient (Wildman–Crippen LogP) is 3.63. The van der Waals surface area contributed by atoms with Crippen molar-refractivity contribution < 1.29 is 4.79 Å². The van der Waals surface area contributed by atoms with E-state index in [1.54, 1.807) is 0 Å². The van der Waals surface area contributed by atoms with Gasteiger partial charge in [0.25, 0.3) is 0 Å². The molecule has 0 aliphatic heterocycles. The van der Waals surface area contributed by atoms with Crippen LogP contribution in [0, 0.1) is 0 Å². The Kier molecular flexibility index (Phi) is 4.63. The number of carbonyl (C=O) groups excluding carboxylic acids is 1. The Morgan fingerprint density at radius 2 is 2.00 bits per heavy atom. The number of Topliss-reactive ketones (excluding diaryl/α,β-unsaturated/α-hetero) is 1. The Hall–Kier alpha value is -0.340. The lowest BCUT2D eigenvalue weighted by molar-refractivity contribution is -0.118. The van der Waals surface area contributed by atoms with Gasteiger partial charge in [-0.1, -0.05) is 46.6 Å². The molecule has 0 spiro atoms. The number of hydrogen-bond donors (Lipinski definition) is 0. The largest absolute Gasteiger partial charge is 0.298 e. The summed E-state index contributed by atoms with van der Waals surface area (Å²) in [5, 5.41) is 0.724. The quantitative estimate of drug-likeness (QED) is 0.767.